The number of thioether (sulfide) groups is 1. The second-order valence-corrected chi connectivity index (χ2v) is 8.01. The quantitative estimate of drug-likeness (QED) is 0.323. The number of halogens is 1. The Hall–Kier alpha value is -2.93. The second kappa shape index (κ2) is 8.83. The van der Waals surface area contributed by atoms with Crippen LogP contribution >= 0.6 is 11.8 Å². The maximum atomic E-state index is 14.1. The molecule has 0 aliphatic rings. The fraction of sp³-hybridized carbons (Fsp3) is 0.261. The molecule has 7 heteroatoms. The number of rotatable bonds is 7. The van der Waals surface area contributed by atoms with Crippen LogP contribution in [0.4, 0.5) is 4.39 Å². The van der Waals surface area contributed by atoms with Gasteiger partial charge in [-0.2, -0.15) is 5.10 Å². The molecule has 154 valence electrons. The van der Waals surface area contributed by atoms with E-state index in [0.29, 0.717) is 47.0 Å². The first-order valence-electron chi connectivity index (χ1n) is 9.96. The summed E-state index contributed by atoms with van der Waals surface area (Å²) in [6.07, 6.45) is 0.709. The third kappa shape index (κ3) is 4.03. The molecule has 0 saturated heterocycles. The third-order valence-electron chi connectivity index (χ3n) is 5.06. The van der Waals surface area contributed by atoms with Gasteiger partial charge in [0.2, 0.25) is 0 Å². The number of fused-ring (bicyclic) bond motifs is 1. The van der Waals surface area contributed by atoms with Gasteiger partial charge in [0.1, 0.15) is 11.3 Å². The highest BCUT2D eigenvalue weighted by Crippen LogP contribution is 2.24. The van der Waals surface area contributed by atoms with Crippen LogP contribution in [0.15, 0.2) is 64.5 Å². The maximum absolute atomic E-state index is 14.1. The van der Waals surface area contributed by atoms with Crippen molar-refractivity contribution in [1.29, 1.82) is 0 Å². The molecule has 30 heavy (non-hydrogen) atoms. The van der Waals surface area contributed by atoms with E-state index in [1.807, 2.05) is 50.2 Å². The fourth-order valence-corrected chi connectivity index (χ4v) is 4.47. The summed E-state index contributed by atoms with van der Waals surface area (Å²) in [5.74, 6) is 0.149. The van der Waals surface area contributed by atoms with E-state index in [-0.39, 0.29) is 11.4 Å². The highest BCUT2D eigenvalue weighted by atomic mass is 32.2. The Bertz CT molecular complexity index is 1230. The predicted molar refractivity (Wildman–Crippen MR) is 118 cm³/mol. The molecule has 2 aromatic carbocycles. The molecule has 0 N–H and O–H groups in total. The lowest BCUT2D eigenvalue weighted by Crippen LogP contribution is -2.26. The van der Waals surface area contributed by atoms with Crippen molar-refractivity contribution in [3.63, 3.8) is 0 Å². The van der Waals surface area contributed by atoms with E-state index in [1.165, 1.54) is 17.8 Å². The highest BCUT2D eigenvalue weighted by Gasteiger charge is 2.18. The van der Waals surface area contributed by atoms with E-state index in [4.69, 9.17) is 4.98 Å². The van der Waals surface area contributed by atoms with Crippen LogP contribution in [0, 0.1) is 12.7 Å². The molecule has 0 spiro atoms. The number of hydrogen-bond acceptors (Lipinski definition) is 4. The molecule has 0 unspecified atom stereocenters. The molecule has 4 aromatic rings. The smallest absolute Gasteiger partial charge is 0.280 e. The van der Waals surface area contributed by atoms with Gasteiger partial charge in [-0.05, 0) is 37.5 Å². The summed E-state index contributed by atoms with van der Waals surface area (Å²) in [7, 11) is 0. The van der Waals surface area contributed by atoms with Gasteiger partial charge in [-0.25, -0.2) is 9.37 Å². The molecule has 5 nitrogen and oxygen atoms in total. The van der Waals surface area contributed by atoms with E-state index < -0.39 is 0 Å². The summed E-state index contributed by atoms with van der Waals surface area (Å²) in [6.45, 7) is 4.92. The van der Waals surface area contributed by atoms with Crippen LogP contribution in [-0.2, 0) is 25.3 Å². The van der Waals surface area contributed by atoms with Crippen LogP contribution in [0.3, 0.4) is 0 Å². The molecule has 0 atom stereocenters. The van der Waals surface area contributed by atoms with Crippen molar-refractivity contribution in [2.24, 2.45) is 0 Å². The first-order chi connectivity index (χ1) is 14.6. The summed E-state index contributed by atoms with van der Waals surface area (Å²) in [4.78, 5) is 18.2. The minimum atomic E-state index is -0.251. The zero-order chi connectivity index (χ0) is 21.1. The third-order valence-corrected chi connectivity index (χ3v) is 6.09. The minimum absolute atomic E-state index is 0.102. The van der Waals surface area contributed by atoms with Crippen LogP contribution in [-0.4, -0.2) is 19.3 Å². The Morgan fingerprint density at radius 2 is 1.80 bits per heavy atom. The fourth-order valence-electron chi connectivity index (χ4n) is 3.47. The monoisotopic (exact) mass is 422 g/mol. The lowest BCUT2D eigenvalue weighted by atomic mass is 10.1. The van der Waals surface area contributed by atoms with Crippen molar-refractivity contribution >= 4 is 22.8 Å². The maximum Gasteiger partial charge on any atom is 0.280 e. The van der Waals surface area contributed by atoms with E-state index in [9.17, 15) is 9.18 Å². The van der Waals surface area contributed by atoms with Gasteiger partial charge in [0.05, 0.1) is 5.69 Å². The Morgan fingerprint density at radius 1 is 1.07 bits per heavy atom. The van der Waals surface area contributed by atoms with Crippen molar-refractivity contribution < 1.29 is 4.39 Å². The average molecular weight is 423 g/mol. The van der Waals surface area contributed by atoms with Crippen molar-refractivity contribution in [1.82, 2.24) is 19.3 Å². The van der Waals surface area contributed by atoms with Crippen LogP contribution in [0.25, 0.3) is 11.0 Å². The lowest BCUT2D eigenvalue weighted by molar-refractivity contribution is 0.587. The molecule has 0 fully saturated rings. The van der Waals surface area contributed by atoms with Crippen LogP contribution < -0.4 is 5.56 Å². The van der Waals surface area contributed by atoms with Gasteiger partial charge in [-0.1, -0.05) is 60.3 Å². The zero-order valence-corrected chi connectivity index (χ0v) is 17.8. The van der Waals surface area contributed by atoms with Crippen molar-refractivity contribution in [3.05, 3.63) is 87.6 Å². The van der Waals surface area contributed by atoms with Crippen LogP contribution in [0.2, 0.25) is 0 Å². The van der Waals surface area contributed by atoms with E-state index in [1.54, 1.807) is 21.4 Å². The molecule has 2 heterocycles. The van der Waals surface area contributed by atoms with E-state index in [2.05, 4.69) is 5.10 Å². The molecule has 2 aromatic heterocycles. The molecule has 0 amide bonds. The van der Waals surface area contributed by atoms with Gasteiger partial charge in [0.25, 0.3) is 5.56 Å². The van der Waals surface area contributed by atoms with Gasteiger partial charge in [-0.3, -0.25) is 14.0 Å². The summed E-state index contributed by atoms with van der Waals surface area (Å²) < 4.78 is 17.5. The van der Waals surface area contributed by atoms with Gasteiger partial charge in [0, 0.05) is 18.8 Å². The summed E-state index contributed by atoms with van der Waals surface area (Å²) in [6, 6.07) is 16.7. The summed E-state index contributed by atoms with van der Waals surface area (Å²) >= 11 is 1.38. The number of aryl methyl sites for hydroxylation is 3. The van der Waals surface area contributed by atoms with Crippen molar-refractivity contribution in [2.45, 2.75) is 44.3 Å². The van der Waals surface area contributed by atoms with Gasteiger partial charge in [0.15, 0.2) is 10.7 Å². The molecule has 0 aliphatic heterocycles. The number of aromatic nitrogens is 4. The zero-order valence-electron chi connectivity index (χ0n) is 17.0. The number of hydrogen-bond donors (Lipinski definition) is 0. The summed E-state index contributed by atoms with van der Waals surface area (Å²) in [5.41, 5.74) is 3.51. The standard InChI is InChI=1S/C23H23FN4OS/c1-3-28-21-20(16(2)26-28)25-23(30-15-18-11-7-8-12-19(18)24)27(22(21)29)14-13-17-9-5-4-6-10-17/h4-12H,3,13-15H2,1-2H3. The van der Waals surface area contributed by atoms with Gasteiger partial charge >= 0.3 is 0 Å². The molecule has 0 aliphatic carbocycles. The van der Waals surface area contributed by atoms with E-state index >= 15 is 0 Å². The second-order valence-electron chi connectivity index (χ2n) is 7.07. The highest BCUT2D eigenvalue weighted by molar-refractivity contribution is 7.98. The topological polar surface area (TPSA) is 52.7 Å². The van der Waals surface area contributed by atoms with Gasteiger partial charge < -0.3 is 0 Å². The predicted octanol–water partition coefficient (Wildman–Crippen LogP) is 4.60. The van der Waals surface area contributed by atoms with E-state index in [0.717, 1.165) is 11.3 Å². The molecular weight excluding hydrogens is 399 g/mol. The Balaban J connectivity index is 1.75. The molecule has 4 rings (SSSR count). The first-order valence-corrected chi connectivity index (χ1v) is 10.9. The SMILES string of the molecule is CCn1nc(C)c2nc(SCc3ccccc3F)n(CCc3ccccc3)c(=O)c21. The van der Waals surface area contributed by atoms with Crippen molar-refractivity contribution in [2.75, 3.05) is 0 Å². The molecular formula is C23H23FN4OS. The Morgan fingerprint density at radius 3 is 2.53 bits per heavy atom. The largest absolute Gasteiger partial charge is 0.285 e. The van der Waals surface area contributed by atoms with Crippen LogP contribution in [0.1, 0.15) is 23.7 Å². The Kier molecular flexibility index (Phi) is 5.99. The number of nitrogens with zero attached hydrogens (tertiary/aromatic N) is 4. The summed E-state index contributed by atoms with van der Waals surface area (Å²) in [5, 5.41) is 5.06. The minimum Gasteiger partial charge on any atom is -0.285 e. The Labute approximate surface area is 178 Å². The molecule has 0 bridgehead atoms. The number of benzene rings is 2. The van der Waals surface area contributed by atoms with Gasteiger partial charge in [-0.15, -0.1) is 0 Å². The normalized spacial score (nSPS) is 11.3. The van der Waals surface area contributed by atoms with Crippen LogP contribution in [0.5, 0.6) is 0 Å². The molecule has 0 radical (unpaired) electrons. The first kappa shape index (κ1) is 20.3. The molecule has 0 saturated carbocycles. The average Bonchev–Trinajstić information content (AvgIpc) is 3.09. The lowest BCUT2D eigenvalue weighted by Gasteiger charge is -2.13. The van der Waals surface area contributed by atoms with Crippen molar-refractivity contribution in [3.8, 4) is 0 Å².